The number of likely N-dealkylation sites (tertiary alicyclic amines) is 1. The van der Waals surface area contributed by atoms with Crippen molar-refractivity contribution in [1.82, 2.24) is 9.88 Å². The Morgan fingerprint density at radius 1 is 1.25 bits per heavy atom. The largest absolute Gasteiger partial charge is 0.466 e. The minimum Gasteiger partial charge on any atom is -0.466 e. The molecule has 1 aromatic carbocycles. The summed E-state index contributed by atoms with van der Waals surface area (Å²) in [5, 5.41) is 13.0. The van der Waals surface area contributed by atoms with E-state index in [0.29, 0.717) is 18.5 Å². The number of fused-ring (bicyclic) bond motifs is 2. The number of hydrogen-bond acceptors (Lipinski definition) is 6. The molecule has 0 saturated carbocycles. The maximum atomic E-state index is 13.0. The van der Waals surface area contributed by atoms with E-state index in [0.717, 1.165) is 16.5 Å². The van der Waals surface area contributed by atoms with E-state index in [2.05, 4.69) is 4.98 Å². The molecule has 1 saturated heterocycles. The second-order valence-electron chi connectivity index (χ2n) is 7.62. The number of hydrogen-bond donors (Lipinski definition) is 2. The number of esters is 2. The van der Waals surface area contributed by atoms with Crippen molar-refractivity contribution >= 4 is 22.8 Å². The first-order chi connectivity index (χ1) is 13.4. The fourth-order valence-electron chi connectivity index (χ4n) is 5.05. The second-order valence-corrected chi connectivity index (χ2v) is 7.62. The molecule has 150 valence electrons. The number of aliphatic hydroxyl groups is 1. The van der Waals surface area contributed by atoms with Crippen LogP contribution in [0, 0.1) is 11.8 Å². The molecule has 0 spiro atoms. The van der Waals surface area contributed by atoms with E-state index in [-0.39, 0.29) is 19.3 Å². The fraction of sp³-hybridized carbons (Fsp3) is 0.524. The Hall–Kier alpha value is -2.38. The topological polar surface area (TPSA) is 91.9 Å². The number of nitrogens with zero attached hydrogens (tertiary/aromatic N) is 1. The number of H-pyrrole nitrogens is 1. The van der Waals surface area contributed by atoms with Gasteiger partial charge in [0.1, 0.15) is 11.5 Å². The Morgan fingerprint density at radius 3 is 2.68 bits per heavy atom. The van der Waals surface area contributed by atoms with Crippen molar-refractivity contribution in [3.63, 3.8) is 0 Å². The van der Waals surface area contributed by atoms with Crippen LogP contribution in [-0.4, -0.2) is 59.8 Å². The lowest BCUT2D eigenvalue weighted by atomic mass is 9.62. The van der Waals surface area contributed by atoms with Gasteiger partial charge in [0.2, 0.25) is 0 Å². The molecule has 7 nitrogen and oxygen atoms in total. The first kappa shape index (κ1) is 19.0. The zero-order valence-corrected chi connectivity index (χ0v) is 16.4. The van der Waals surface area contributed by atoms with E-state index in [1.54, 1.807) is 13.8 Å². The Bertz CT molecular complexity index is 923. The number of ether oxygens (including phenoxy) is 2. The molecule has 2 aliphatic rings. The summed E-state index contributed by atoms with van der Waals surface area (Å²) in [4.78, 5) is 31.0. The van der Waals surface area contributed by atoms with Crippen LogP contribution in [0.25, 0.3) is 10.9 Å². The standard InChI is InChI=1S/C21H26N2O5/c1-4-27-19(24)13-11-23(3)16-9-12-10-22-15-8-6-7-14(17(12)15)21(16,26)18(13)20(25)28-5-2/h6-8,10,13,16,18,22,26H,4-5,9,11H2,1-3H3/t13-,16-,18-,21-/m1/s1. The molecule has 2 N–H and O–H groups in total. The lowest BCUT2D eigenvalue weighted by molar-refractivity contribution is -0.195. The summed E-state index contributed by atoms with van der Waals surface area (Å²) in [6, 6.07) is 5.30. The molecule has 0 radical (unpaired) electrons. The summed E-state index contributed by atoms with van der Waals surface area (Å²) in [5.74, 6) is -2.87. The summed E-state index contributed by atoms with van der Waals surface area (Å²) in [7, 11) is 1.88. The normalized spacial score (nSPS) is 29.4. The summed E-state index contributed by atoms with van der Waals surface area (Å²) in [6.07, 6.45) is 2.54. The number of nitrogens with one attached hydrogen (secondary N) is 1. The van der Waals surface area contributed by atoms with Gasteiger partial charge in [-0.25, -0.2) is 0 Å². The van der Waals surface area contributed by atoms with Crippen LogP contribution in [0.15, 0.2) is 24.4 Å². The quantitative estimate of drug-likeness (QED) is 0.776. The molecule has 4 rings (SSSR count). The summed E-state index contributed by atoms with van der Waals surface area (Å²) >= 11 is 0. The van der Waals surface area contributed by atoms with Gasteiger partial charge in [0.25, 0.3) is 0 Å². The third-order valence-electron chi connectivity index (χ3n) is 6.16. The SMILES string of the molecule is CCOC(=O)[C@@H]1CN(C)[C@@H]2Cc3c[nH]c4cccc(c34)[C@]2(O)[C@H]1C(=O)OCC. The highest BCUT2D eigenvalue weighted by molar-refractivity contribution is 5.91. The van der Waals surface area contributed by atoms with Gasteiger partial charge in [-0.2, -0.15) is 0 Å². The summed E-state index contributed by atoms with van der Waals surface area (Å²) in [6.45, 7) is 4.18. The molecular formula is C21H26N2O5. The van der Waals surface area contributed by atoms with Gasteiger partial charge in [0, 0.05) is 29.7 Å². The van der Waals surface area contributed by atoms with Gasteiger partial charge in [-0.15, -0.1) is 0 Å². The highest BCUT2D eigenvalue weighted by atomic mass is 16.5. The van der Waals surface area contributed by atoms with Gasteiger partial charge in [-0.3, -0.25) is 14.5 Å². The lowest BCUT2D eigenvalue weighted by Crippen LogP contribution is -2.66. The Balaban J connectivity index is 1.92. The maximum Gasteiger partial charge on any atom is 0.313 e. The van der Waals surface area contributed by atoms with Crippen LogP contribution in [0.2, 0.25) is 0 Å². The van der Waals surface area contributed by atoms with Crippen LogP contribution in [0.5, 0.6) is 0 Å². The Kier molecular flexibility index (Phi) is 4.67. The zero-order chi connectivity index (χ0) is 20.1. The number of carbonyl (C=O) groups excluding carboxylic acids is 2. The fourth-order valence-corrected chi connectivity index (χ4v) is 5.05. The monoisotopic (exact) mass is 386 g/mol. The van der Waals surface area contributed by atoms with Crippen LogP contribution >= 0.6 is 0 Å². The smallest absolute Gasteiger partial charge is 0.313 e. The molecule has 28 heavy (non-hydrogen) atoms. The molecule has 1 fully saturated rings. The number of benzene rings is 1. The van der Waals surface area contributed by atoms with Crippen molar-refractivity contribution in [1.29, 1.82) is 0 Å². The molecule has 2 heterocycles. The van der Waals surface area contributed by atoms with Crippen molar-refractivity contribution in [2.24, 2.45) is 11.8 Å². The maximum absolute atomic E-state index is 13.0. The predicted octanol–water partition coefficient (Wildman–Crippen LogP) is 1.58. The molecule has 1 aliphatic carbocycles. The van der Waals surface area contributed by atoms with E-state index < -0.39 is 29.4 Å². The van der Waals surface area contributed by atoms with Crippen LogP contribution in [-0.2, 0) is 31.1 Å². The van der Waals surface area contributed by atoms with E-state index >= 15 is 0 Å². The molecule has 7 heteroatoms. The highest BCUT2D eigenvalue weighted by Crippen LogP contribution is 2.51. The van der Waals surface area contributed by atoms with Crippen LogP contribution in [0.3, 0.4) is 0 Å². The first-order valence-corrected chi connectivity index (χ1v) is 9.78. The van der Waals surface area contributed by atoms with Gasteiger partial charge in [0.05, 0.1) is 19.1 Å². The molecule has 0 amide bonds. The number of aromatic nitrogens is 1. The average molecular weight is 386 g/mol. The van der Waals surface area contributed by atoms with Crippen molar-refractivity contribution in [3.05, 3.63) is 35.5 Å². The number of likely N-dealkylation sites (N-methyl/N-ethyl adjacent to an activating group) is 1. The molecule has 0 unspecified atom stereocenters. The minimum absolute atomic E-state index is 0.182. The highest BCUT2D eigenvalue weighted by Gasteiger charge is 2.61. The molecule has 1 aromatic heterocycles. The van der Waals surface area contributed by atoms with Gasteiger partial charge in [-0.05, 0) is 44.5 Å². The van der Waals surface area contributed by atoms with Gasteiger partial charge in [0.15, 0.2) is 0 Å². The van der Waals surface area contributed by atoms with Crippen LogP contribution in [0.4, 0.5) is 0 Å². The van der Waals surface area contributed by atoms with Crippen molar-refractivity contribution in [3.8, 4) is 0 Å². The summed E-state index contributed by atoms with van der Waals surface area (Å²) < 4.78 is 10.6. The molecule has 1 aliphatic heterocycles. The van der Waals surface area contributed by atoms with Gasteiger partial charge < -0.3 is 19.6 Å². The molecule has 0 bridgehead atoms. The average Bonchev–Trinajstić information content (AvgIpc) is 3.08. The van der Waals surface area contributed by atoms with E-state index in [9.17, 15) is 14.7 Å². The third-order valence-corrected chi connectivity index (χ3v) is 6.16. The summed E-state index contributed by atoms with van der Waals surface area (Å²) in [5.41, 5.74) is 1.12. The minimum atomic E-state index is -1.55. The van der Waals surface area contributed by atoms with Gasteiger partial charge in [-0.1, -0.05) is 12.1 Å². The van der Waals surface area contributed by atoms with Gasteiger partial charge >= 0.3 is 11.9 Å². The second kappa shape index (κ2) is 6.90. The van der Waals surface area contributed by atoms with Crippen LogP contribution in [0.1, 0.15) is 25.0 Å². The zero-order valence-electron chi connectivity index (χ0n) is 16.4. The molecule has 4 atom stereocenters. The molecular weight excluding hydrogens is 360 g/mol. The van der Waals surface area contributed by atoms with E-state index in [4.69, 9.17) is 9.47 Å². The predicted molar refractivity (Wildman–Crippen MR) is 103 cm³/mol. The number of piperidine rings is 1. The first-order valence-electron chi connectivity index (χ1n) is 9.78. The number of aromatic amines is 1. The van der Waals surface area contributed by atoms with Crippen molar-refractivity contribution in [2.45, 2.75) is 31.9 Å². The Labute approximate surface area is 163 Å². The number of carbonyl (C=O) groups is 2. The lowest BCUT2D eigenvalue weighted by Gasteiger charge is -2.53. The van der Waals surface area contributed by atoms with E-state index in [1.807, 2.05) is 36.3 Å². The van der Waals surface area contributed by atoms with E-state index in [1.165, 1.54) is 0 Å². The third kappa shape index (κ3) is 2.57. The Morgan fingerprint density at radius 2 is 1.96 bits per heavy atom. The number of rotatable bonds is 4. The molecule has 2 aromatic rings. The van der Waals surface area contributed by atoms with Crippen molar-refractivity contribution < 1.29 is 24.2 Å². The van der Waals surface area contributed by atoms with Crippen molar-refractivity contribution in [2.75, 3.05) is 26.8 Å². The van der Waals surface area contributed by atoms with Crippen LogP contribution < -0.4 is 0 Å².